The van der Waals surface area contributed by atoms with E-state index in [4.69, 9.17) is 4.74 Å². The first-order chi connectivity index (χ1) is 12.3. The first-order valence-corrected chi connectivity index (χ1v) is 8.53. The van der Waals surface area contributed by atoms with E-state index in [0.717, 1.165) is 25.7 Å². The Labute approximate surface area is 143 Å². The average molecular weight is 346 g/mol. The molecule has 9 nitrogen and oxygen atoms in total. The van der Waals surface area contributed by atoms with E-state index in [1.807, 2.05) is 4.90 Å². The number of methoxy groups -OCH3 is 1. The third kappa shape index (κ3) is 2.10. The normalized spacial score (nSPS) is 27.4. The highest BCUT2D eigenvalue weighted by Gasteiger charge is 2.48. The van der Waals surface area contributed by atoms with Gasteiger partial charge in [-0.1, -0.05) is 18.1 Å². The minimum Gasteiger partial charge on any atom is -0.378 e. The molecule has 132 valence electrons. The molecule has 0 spiro atoms. The summed E-state index contributed by atoms with van der Waals surface area (Å²) in [7, 11) is 1.61. The van der Waals surface area contributed by atoms with Crippen LogP contribution in [0.5, 0.6) is 0 Å². The number of ether oxygens (including phenoxy) is 1. The van der Waals surface area contributed by atoms with E-state index in [2.05, 4.69) is 25.8 Å². The molecule has 5 rings (SSSR count). The molecular formula is C15H19FN8O. The molecule has 1 N–H and O–H groups in total. The number of rotatable bonds is 2. The molecule has 2 aromatic rings. The maximum absolute atomic E-state index is 14.4. The number of hydrogen-bond acceptors (Lipinski definition) is 7. The van der Waals surface area contributed by atoms with E-state index in [1.54, 1.807) is 28.8 Å². The van der Waals surface area contributed by atoms with Crippen LogP contribution >= 0.6 is 0 Å². The molecule has 0 amide bonds. The van der Waals surface area contributed by atoms with Gasteiger partial charge in [0, 0.05) is 19.1 Å². The quantitative estimate of drug-likeness (QED) is 0.875. The van der Waals surface area contributed by atoms with Crippen LogP contribution in [0.4, 0.5) is 10.2 Å². The predicted octanol–water partition coefficient (Wildman–Crippen LogP) is 1.06. The fourth-order valence-corrected chi connectivity index (χ4v) is 4.31. The lowest BCUT2D eigenvalue weighted by Crippen LogP contribution is -2.55. The van der Waals surface area contributed by atoms with Gasteiger partial charge in [-0.05, 0) is 12.8 Å². The van der Waals surface area contributed by atoms with Gasteiger partial charge in [0.1, 0.15) is 17.7 Å². The molecule has 3 aliphatic rings. The summed E-state index contributed by atoms with van der Waals surface area (Å²) in [5, 5.41) is 12.7. The molecule has 1 fully saturated rings. The van der Waals surface area contributed by atoms with Crippen molar-refractivity contribution in [2.45, 2.75) is 44.5 Å². The lowest BCUT2D eigenvalue weighted by Gasteiger charge is -2.45. The number of nitrogens with one attached hydrogen (secondary N) is 1. The van der Waals surface area contributed by atoms with Crippen molar-refractivity contribution in [2.75, 3.05) is 12.0 Å². The standard InChI is InChI=1S/C15H19FN8O/c1-25-8-9-7-22(21-18-9)15-20-19-13-10-4-2-3-5-11(10)23-12(24(13)15)6-17-14(23)16/h6-7,10-11,13,19H,2-5,8H2,1H3. The molecule has 2 aliphatic heterocycles. The Balaban J connectivity index is 1.57. The zero-order chi connectivity index (χ0) is 17.0. The molecule has 0 radical (unpaired) electrons. The van der Waals surface area contributed by atoms with E-state index in [9.17, 15) is 4.39 Å². The van der Waals surface area contributed by atoms with Crippen LogP contribution in [-0.4, -0.2) is 43.8 Å². The third-order valence-corrected chi connectivity index (χ3v) is 5.33. The average Bonchev–Trinajstić information content (AvgIpc) is 3.33. The van der Waals surface area contributed by atoms with Gasteiger partial charge in [0.05, 0.1) is 19.0 Å². The minimum absolute atomic E-state index is 0.0148. The highest BCUT2D eigenvalue weighted by molar-refractivity contribution is 5.98. The fraction of sp³-hybridized carbons (Fsp3) is 0.600. The Morgan fingerprint density at radius 2 is 2.24 bits per heavy atom. The Morgan fingerprint density at radius 1 is 1.36 bits per heavy atom. The van der Waals surface area contributed by atoms with E-state index in [-0.39, 0.29) is 18.1 Å². The summed E-state index contributed by atoms with van der Waals surface area (Å²) >= 11 is 0. The Hall–Kier alpha value is -2.49. The lowest BCUT2D eigenvalue weighted by atomic mass is 9.80. The van der Waals surface area contributed by atoms with Crippen molar-refractivity contribution in [1.82, 2.24) is 30.0 Å². The number of hydrazone groups is 1. The molecule has 25 heavy (non-hydrogen) atoms. The monoisotopic (exact) mass is 346 g/mol. The third-order valence-electron chi connectivity index (χ3n) is 5.33. The molecule has 10 heteroatoms. The molecule has 0 aromatic carbocycles. The van der Waals surface area contributed by atoms with Crippen molar-refractivity contribution < 1.29 is 9.13 Å². The SMILES string of the molecule is COCc1cn(C2=NNC3C4CCCCC4n4c(cnc4F)N23)nn1. The number of anilines is 1. The molecule has 1 aliphatic carbocycles. The highest BCUT2D eigenvalue weighted by atomic mass is 19.1. The molecule has 2 aromatic heterocycles. The number of nitrogens with zero attached hydrogens (tertiary/aromatic N) is 7. The second kappa shape index (κ2) is 5.51. The topological polar surface area (TPSA) is 85.4 Å². The van der Waals surface area contributed by atoms with Crippen molar-refractivity contribution >= 4 is 11.8 Å². The summed E-state index contributed by atoms with van der Waals surface area (Å²) in [6.45, 7) is 0.376. The zero-order valence-corrected chi connectivity index (χ0v) is 13.8. The smallest absolute Gasteiger partial charge is 0.291 e. The number of hydrogen-bond donors (Lipinski definition) is 1. The zero-order valence-electron chi connectivity index (χ0n) is 13.8. The fourth-order valence-electron chi connectivity index (χ4n) is 4.31. The second-order valence-electron chi connectivity index (χ2n) is 6.71. The van der Waals surface area contributed by atoms with Gasteiger partial charge in [0.25, 0.3) is 12.0 Å². The Kier molecular flexibility index (Phi) is 3.27. The lowest BCUT2D eigenvalue weighted by molar-refractivity contribution is 0.161. The van der Waals surface area contributed by atoms with Crippen LogP contribution in [0.25, 0.3) is 0 Å². The Morgan fingerprint density at radius 3 is 3.12 bits per heavy atom. The first kappa shape index (κ1) is 14.8. The van der Waals surface area contributed by atoms with Gasteiger partial charge in [-0.3, -0.25) is 14.9 Å². The molecule has 0 bridgehead atoms. The number of imidazole rings is 1. The maximum atomic E-state index is 14.4. The van der Waals surface area contributed by atoms with Gasteiger partial charge < -0.3 is 4.74 Å². The minimum atomic E-state index is -0.435. The summed E-state index contributed by atoms with van der Waals surface area (Å²) < 4.78 is 22.8. The second-order valence-corrected chi connectivity index (χ2v) is 6.71. The van der Waals surface area contributed by atoms with Crippen molar-refractivity contribution in [3.05, 3.63) is 24.2 Å². The molecule has 4 heterocycles. The van der Waals surface area contributed by atoms with Crippen LogP contribution in [0.15, 0.2) is 17.5 Å². The Bertz CT molecular complexity index is 829. The van der Waals surface area contributed by atoms with Crippen LogP contribution in [0, 0.1) is 12.0 Å². The van der Waals surface area contributed by atoms with Crippen LogP contribution < -0.4 is 10.3 Å². The first-order valence-electron chi connectivity index (χ1n) is 8.53. The van der Waals surface area contributed by atoms with E-state index >= 15 is 0 Å². The molecule has 0 saturated heterocycles. The van der Waals surface area contributed by atoms with Crippen molar-refractivity contribution in [3.63, 3.8) is 0 Å². The summed E-state index contributed by atoms with van der Waals surface area (Å²) in [5.41, 5.74) is 3.94. The van der Waals surface area contributed by atoms with Crippen LogP contribution in [0.2, 0.25) is 0 Å². The highest BCUT2D eigenvalue weighted by Crippen LogP contribution is 2.45. The van der Waals surface area contributed by atoms with E-state index in [1.165, 1.54) is 0 Å². The number of fused-ring (bicyclic) bond motifs is 6. The van der Waals surface area contributed by atoms with Gasteiger partial charge in [0.2, 0.25) is 0 Å². The molecule has 3 unspecified atom stereocenters. The largest absolute Gasteiger partial charge is 0.378 e. The van der Waals surface area contributed by atoms with E-state index in [0.29, 0.717) is 24.1 Å². The molecule has 1 saturated carbocycles. The van der Waals surface area contributed by atoms with Crippen LogP contribution in [0.1, 0.15) is 37.4 Å². The van der Waals surface area contributed by atoms with Crippen molar-refractivity contribution in [2.24, 2.45) is 11.0 Å². The number of aromatic nitrogens is 5. The van der Waals surface area contributed by atoms with Crippen molar-refractivity contribution in [3.8, 4) is 0 Å². The van der Waals surface area contributed by atoms with E-state index < -0.39 is 6.08 Å². The van der Waals surface area contributed by atoms with Gasteiger partial charge >= 0.3 is 0 Å². The van der Waals surface area contributed by atoms with Crippen LogP contribution in [-0.2, 0) is 11.3 Å². The summed E-state index contributed by atoms with van der Waals surface area (Å²) in [6, 6.07) is 0.120. The van der Waals surface area contributed by atoms with Crippen molar-refractivity contribution in [1.29, 1.82) is 0 Å². The maximum Gasteiger partial charge on any atom is 0.291 e. The van der Waals surface area contributed by atoms with Gasteiger partial charge in [-0.25, -0.2) is 4.98 Å². The molecule has 3 atom stereocenters. The summed E-state index contributed by atoms with van der Waals surface area (Å²) in [6.07, 6.45) is 7.16. The van der Waals surface area contributed by atoms with Crippen LogP contribution in [0.3, 0.4) is 0 Å². The van der Waals surface area contributed by atoms with Gasteiger partial charge in [0.15, 0.2) is 0 Å². The summed E-state index contributed by atoms with van der Waals surface area (Å²) in [5.74, 6) is 1.55. The van der Waals surface area contributed by atoms with Gasteiger partial charge in [-0.15, -0.1) is 10.2 Å². The molecular weight excluding hydrogens is 327 g/mol. The summed E-state index contributed by atoms with van der Waals surface area (Å²) in [4.78, 5) is 5.90. The number of halogens is 1. The predicted molar refractivity (Wildman–Crippen MR) is 86.2 cm³/mol. The van der Waals surface area contributed by atoms with Gasteiger partial charge in [-0.2, -0.15) is 9.07 Å².